The number of aryl methyl sites for hydroxylation is 1. The Morgan fingerprint density at radius 2 is 1.81 bits per heavy atom. The fourth-order valence-corrected chi connectivity index (χ4v) is 4.53. The molecule has 1 aromatic carbocycles. The number of likely N-dealkylation sites (tertiary alicyclic amines) is 1. The summed E-state index contributed by atoms with van der Waals surface area (Å²) < 4.78 is 2.07. The Labute approximate surface area is 160 Å². The molecular weight excluding hydrogens is 338 g/mol. The Kier molecular flexibility index (Phi) is 4.23. The van der Waals surface area contributed by atoms with Crippen molar-refractivity contribution < 1.29 is 4.79 Å². The van der Waals surface area contributed by atoms with Gasteiger partial charge in [-0.1, -0.05) is 31.2 Å². The van der Waals surface area contributed by atoms with Crippen molar-refractivity contribution in [2.75, 3.05) is 13.1 Å². The SMILES string of the molecule is CCc1ccc(CN2CC3Cc4nnc(C(=O)NC5CC5)n4CC3C2)cc1. The third-order valence-corrected chi connectivity index (χ3v) is 6.29. The fourth-order valence-electron chi connectivity index (χ4n) is 4.53. The number of nitrogens with zero attached hydrogens (tertiary/aromatic N) is 4. The summed E-state index contributed by atoms with van der Waals surface area (Å²) in [6.45, 7) is 6.26. The number of carbonyl (C=O) groups excluding carboxylic acids is 1. The topological polar surface area (TPSA) is 63.1 Å². The first-order chi connectivity index (χ1) is 13.2. The molecule has 2 fully saturated rings. The highest BCUT2D eigenvalue weighted by Gasteiger charge is 2.39. The highest BCUT2D eigenvalue weighted by molar-refractivity contribution is 5.91. The van der Waals surface area contributed by atoms with Gasteiger partial charge in [-0.3, -0.25) is 9.69 Å². The Morgan fingerprint density at radius 3 is 2.56 bits per heavy atom. The predicted octanol–water partition coefficient (Wildman–Crippen LogP) is 2.04. The van der Waals surface area contributed by atoms with Crippen LogP contribution in [-0.4, -0.2) is 44.7 Å². The van der Waals surface area contributed by atoms with Gasteiger partial charge in [-0.2, -0.15) is 0 Å². The minimum Gasteiger partial charge on any atom is -0.347 e. The molecule has 2 aliphatic heterocycles. The number of fused-ring (bicyclic) bond motifs is 2. The number of amides is 1. The minimum absolute atomic E-state index is 0.0550. The number of aromatic nitrogens is 3. The van der Waals surface area contributed by atoms with Crippen LogP contribution in [0.5, 0.6) is 0 Å². The molecule has 1 saturated carbocycles. The zero-order valence-corrected chi connectivity index (χ0v) is 15.9. The van der Waals surface area contributed by atoms with Crippen LogP contribution in [0.4, 0.5) is 0 Å². The Bertz CT molecular complexity index is 839. The Balaban J connectivity index is 1.25. The third-order valence-electron chi connectivity index (χ3n) is 6.29. The molecule has 5 rings (SSSR count). The molecule has 6 nitrogen and oxygen atoms in total. The first kappa shape index (κ1) is 16.9. The van der Waals surface area contributed by atoms with Crippen molar-refractivity contribution in [1.82, 2.24) is 25.0 Å². The van der Waals surface area contributed by atoms with Crippen LogP contribution >= 0.6 is 0 Å². The van der Waals surface area contributed by atoms with Gasteiger partial charge in [-0.15, -0.1) is 10.2 Å². The monoisotopic (exact) mass is 365 g/mol. The average molecular weight is 365 g/mol. The molecule has 1 N–H and O–H groups in total. The molecule has 0 spiro atoms. The van der Waals surface area contributed by atoms with E-state index in [1.165, 1.54) is 11.1 Å². The smallest absolute Gasteiger partial charge is 0.289 e. The van der Waals surface area contributed by atoms with Crippen LogP contribution in [0.2, 0.25) is 0 Å². The predicted molar refractivity (Wildman–Crippen MR) is 102 cm³/mol. The maximum absolute atomic E-state index is 12.4. The molecule has 1 saturated heterocycles. The van der Waals surface area contributed by atoms with Gasteiger partial charge in [0, 0.05) is 38.6 Å². The van der Waals surface area contributed by atoms with Crippen LogP contribution in [0.15, 0.2) is 24.3 Å². The lowest BCUT2D eigenvalue weighted by Crippen LogP contribution is -2.33. The highest BCUT2D eigenvalue weighted by Crippen LogP contribution is 2.33. The molecule has 1 aromatic heterocycles. The summed E-state index contributed by atoms with van der Waals surface area (Å²) in [7, 11) is 0. The summed E-state index contributed by atoms with van der Waals surface area (Å²) in [5, 5.41) is 11.6. The van der Waals surface area contributed by atoms with E-state index in [9.17, 15) is 4.79 Å². The maximum Gasteiger partial charge on any atom is 0.289 e. The number of hydrogen-bond acceptors (Lipinski definition) is 4. The van der Waals surface area contributed by atoms with Crippen molar-refractivity contribution >= 4 is 5.91 Å². The van der Waals surface area contributed by atoms with Crippen molar-refractivity contribution in [2.45, 2.75) is 51.7 Å². The van der Waals surface area contributed by atoms with Crippen LogP contribution in [0.1, 0.15) is 47.3 Å². The molecule has 2 atom stereocenters. The molecule has 2 aromatic rings. The van der Waals surface area contributed by atoms with Crippen LogP contribution in [-0.2, 0) is 25.9 Å². The molecule has 1 aliphatic carbocycles. The molecule has 27 heavy (non-hydrogen) atoms. The second-order valence-corrected chi connectivity index (χ2v) is 8.39. The van der Waals surface area contributed by atoms with Crippen molar-refractivity contribution in [3.63, 3.8) is 0 Å². The van der Waals surface area contributed by atoms with Crippen molar-refractivity contribution in [3.8, 4) is 0 Å². The van der Waals surface area contributed by atoms with E-state index in [4.69, 9.17) is 0 Å². The van der Waals surface area contributed by atoms with E-state index in [2.05, 4.69) is 56.2 Å². The second-order valence-electron chi connectivity index (χ2n) is 8.39. The number of rotatable bonds is 5. The van der Waals surface area contributed by atoms with Crippen LogP contribution in [0.3, 0.4) is 0 Å². The lowest BCUT2D eigenvalue weighted by Gasteiger charge is -2.25. The molecular formula is C21H27N5O. The van der Waals surface area contributed by atoms with Crippen LogP contribution < -0.4 is 5.32 Å². The highest BCUT2D eigenvalue weighted by atomic mass is 16.2. The molecule has 142 valence electrons. The first-order valence-electron chi connectivity index (χ1n) is 10.2. The summed E-state index contributed by atoms with van der Waals surface area (Å²) in [5.74, 6) is 2.63. The van der Waals surface area contributed by atoms with E-state index >= 15 is 0 Å². The van der Waals surface area contributed by atoms with Crippen molar-refractivity contribution in [2.24, 2.45) is 11.8 Å². The molecule has 0 radical (unpaired) electrons. The van der Waals surface area contributed by atoms with Gasteiger partial charge in [0.05, 0.1) is 0 Å². The van der Waals surface area contributed by atoms with E-state index in [1.807, 2.05) is 0 Å². The molecule has 1 amide bonds. The molecule has 3 heterocycles. The van der Waals surface area contributed by atoms with Gasteiger partial charge >= 0.3 is 0 Å². The lowest BCUT2D eigenvalue weighted by molar-refractivity contribution is 0.0932. The fraction of sp³-hybridized carbons (Fsp3) is 0.571. The number of nitrogens with one attached hydrogen (secondary N) is 1. The summed E-state index contributed by atoms with van der Waals surface area (Å²) in [6, 6.07) is 9.35. The molecule has 2 unspecified atom stereocenters. The van der Waals surface area contributed by atoms with Gasteiger partial charge in [-0.25, -0.2) is 0 Å². The number of benzene rings is 1. The van der Waals surface area contributed by atoms with Gasteiger partial charge in [0.2, 0.25) is 5.82 Å². The van der Waals surface area contributed by atoms with Crippen molar-refractivity contribution in [3.05, 3.63) is 47.0 Å². The Morgan fingerprint density at radius 1 is 1.07 bits per heavy atom. The normalized spacial score (nSPS) is 24.5. The first-order valence-corrected chi connectivity index (χ1v) is 10.2. The molecule has 3 aliphatic rings. The van der Waals surface area contributed by atoms with E-state index in [0.717, 1.165) is 57.7 Å². The number of hydrogen-bond donors (Lipinski definition) is 1. The Hall–Kier alpha value is -2.21. The van der Waals surface area contributed by atoms with Gasteiger partial charge in [0.1, 0.15) is 5.82 Å². The van der Waals surface area contributed by atoms with Gasteiger partial charge in [0.25, 0.3) is 5.91 Å². The van der Waals surface area contributed by atoms with Gasteiger partial charge in [0.15, 0.2) is 0 Å². The average Bonchev–Trinajstić information content (AvgIpc) is 3.25. The number of carbonyl (C=O) groups is 1. The zero-order chi connectivity index (χ0) is 18.4. The molecule has 6 heteroatoms. The van der Waals surface area contributed by atoms with Gasteiger partial charge < -0.3 is 9.88 Å². The second kappa shape index (κ2) is 6.75. The zero-order valence-electron chi connectivity index (χ0n) is 15.9. The van der Waals surface area contributed by atoms with Crippen molar-refractivity contribution in [1.29, 1.82) is 0 Å². The third kappa shape index (κ3) is 3.38. The summed E-state index contributed by atoms with van der Waals surface area (Å²) >= 11 is 0. The van der Waals surface area contributed by atoms with E-state index in [-0.39, 0.29) is 5.91 Å². The van der Waals surface area contributed by atoms with Crippen LogP contribution in [0.25, 0.3) is 0 Å². The minimum atomic E-state index is -0.0550. The largest absolute Gasteiger partial charge is 0.347 e. The van der Waals surface area contributed by atoms with Gasteiger partial charge in [-0.05, 0) is 42.2 Å². The lowest BCUT2D eigenvalue weighted by atomic mass is 9.89. The summed E-state index contributed by atoms with van der Waals surface area (Å²) in [6.07, 6.45) is 4.20. The van der Waals surface area contributed by atoms with E-state index < -0.39 is 0 Å². The quantitative estimate of drug-likeness (QED) is 0.881. The summed E-state index contributed by atoms with van der Waals surface area (Å²) in [5.41, 5.74) is 2.78. The standard InChI is InChI=1S/C21H27N5O/c1-2-14-3-5-15(6-4-14)10-25-11-16-9-19-23-24-20(21(27)22-18-7-8-18)26(19)13-17(16)12-25/h3-6,16-18H,2,7-13H2,1H3,(H,22,27). The summed E-state index contributed by atoms with van der Waals surface area (Å²) in [4.78, 5) is 15.0. The van der Waals surface area contributed by atoms with E-state index in [0.29, 0.717) is 23.7 Å². The van der Waals surface area contributed by atoms with E-state index in [1.54, 1.807) is 0 Å². The molecule has 0 bridgehead atoms. The maximum atomic E-state index is 12.4. The van der Waals surface area contributed by atoms with Crippen LogP contribution in [0, 0.1) is 11.8 Å².